The van der Waals surface area contributed by atoms with Crippen LogP contribution in [0.2, 0.25) is 0 Å². The van der Waals surface area contributed by atoms with Crippen LogP contribution in [-0.2, 0) is 12.8 Å². The maximum Gasteiger partial charge on any atom is 0.169 e. The van der Waals surface area contributed by atoms with Crippen LogP contribution in [0.15, 0.2) is 56.7 Å². The third-order valence-corrected chi connectivity index (χ3v) is 4.56. The molecule has 0 aliphatic heterocycles. The van der Waals surface area contributed by atoms with Crippen molar-refractivity contribution >= 4 is 27.4 Å². The summed E-state index contributed by atoms with van der Waals surface area (Å²) in [4.78, 5) is 12.5. The Morgan fingerprint density at radius 1 is 1.25 bits per heavy atom. The number of benzene rings is 2. The Hall–Kier alpha value is -3.38. The second-order valence-corrected chi connectivity index (χ2v) is 6.68. The standard InChI is InChI=1S/C19H12BrFN4O3/c20-14-7-11(4-5-15(14)21)8-16(23-27)19-17(24-28-25-19)9-18(26)13-3-1-2-12(6-13)10-22/h1-7,27H,8-9H2. The van der Waals surface area contributed by atoms with E-state index in [-0.39, 0.29) is 40.2 Å². The first-order chi connectivity index (χ1) is 13.5. The van der Waals surface area contributed by atoms with Gasteiger partial charge in [0.2, 0.25) is 0 Å². The maximum atomic E-state index is 13.4. The van der Waals surface area contributed by atoms with E-state index >= 15 is 0 Å². The van der Waals surface area contributed by atoms with E-state index in [4.69, 9.17) is 9.89 Å². The number of nitriles is 1. The van der Waals surface area contributed by atoms with Crippen LogP contribution in [0.25, 0.3) is 0 Å². The monoisotopic (exact) mass is 442 g/mol. The summed E-state index contributed by atoms with van der Waals surface area (Å²) >= 11 is 3.10. The topological polar surface area (TPSA) is 112 Å². The number of halogens is 2. The van der Waals surface area contributed by atoms with Crippen LogP contribution >= 0.6 is 15.9 Å². The van der Waals surface area contributed by atoms with Crippen molar-refractivity contribution in [2.75, 3.05) is 0 Å². The minimum atomic E-state index is -0.416. The highest BCUT2D eigenvalue weighted by Gasteiger charge is 2.21. The summed E-state index contributed by atoms with van der Waals surface area (Å²) in [7, 11) is 0. The van der Waals surface area contributed by atoms with Gasteiger partial charge >= 0.3 is 0 Å². The summed E-state index contributed by atoms with van der Waals surface area (Å²) in [5.41, 5.74) is 1.81. The number of aromatic nitrogens is 2. The van der Waals surface area contributed by atoms with E-state index in [1.807, 2.05) is 6.07 Å². The predicted octanol–water partition coefficient (Wildman–Crippen LogP) is 3.69. The number of nitrogens with zero attached hydrogens (tertiary/aromatic N) is 4. The summed E-state index contributed by atoms with van der Waals surface area (Å²) in [5, 5.41) is 29.1. The average molecular weight is 443 g/mol. The molecule has 0 radical (unpaired) electrons. The first-order valence-electron chi connectivity index (χ1n) is 8.02. The Kier molecular flexibility index (Phi) is 5.91. The van der Waals surface area contributed by atoms with Crippen molar-refractivity contribution in [2.24, 2.45) is 5.16 Å². The number of hydrogen-bond acceptors (Lipinski definition) is 7. The van der Waals surface area contributed by atoms with Crippen LogP contribution < -0.4 is 0 Å². The summed E-state index contributed by atoms with van der Waals surface area (Å²) < 4.78 is 18.4. The zero-order chi connectivity index (χ0) is 20.1. The summed E-state index contributed by atoms with van der Waals surface area (Å²) in [6, 6.07) is 12.6. The number of carbonyl (C=O) groups is 1. The number of ketones is 1. The van der Waals surface area contributed by atoms with Crippen LogP contribution in [0.3, 0.4) is 0 Å². The molecule has 2 aromatic carbocycles. The second-order valence-electron chi connectivity index (χ2n) is 5.82. The van der Waals surface area contributed by atoms with Gasteiger partial charge in [-0.2, -0.15) is 5.26 Å². The zero-order valence-corrected chi connectivity index (χ0v) is 15.9. The van der Waals surface area contributed by atoms with E-state index in [0.29, 0.717) is 16.7 Å². The lowest BCUT2D eigenvalue weighted by Crippen LogP contribution is -2.12. The molecular weight excluding hydrogens is 431 g/mol. The predicted molar refractivity (Wildman–Crippen MR) is 99.6 cm³/mol. The molecule has 3 aromatic rings. The lowest BCUT2D eigenvalue weighted by atomic mass is 10.0. The van der Waals surface area contributed by atoms with Crippen LogP contribution in [0.5, 0.6) is 0 Å². The Bertz CT molecular complexity index is 1100. The normalized spacial score (nSPS) is 11.2. The Balaban J connectivity index is 1.82. The van der Waals surface area contributed by atoms with Gasteiger partial charge < -0.3 is 5.21 Å². The van der Waals surface area contributed by atoms with Gasteiger partial charge in [-0.05, 0) is 50.9 Å². The number of rotatable bonds is 6. The quantitative estimate of drug-likeness (QED) is 0.269. The fraction of sp³-hybridized carbons (Fsp3) is 0.105. The average Bonchev–Trinajstić information content (AvgIpc) is 3.16. The van der Waals surface area contributed by atoms with Crippen LogP contribution in [-0.4, -0.2) is 27.0 Å². The van der Waals surface area contributed by atoms with Gasteiger partial charge in [0.25, 0.3) is 0 Å². The lowest BCUT2D eigenvalue weighted by Gasteiger charge is -2.05. The van der Waals surface area contributed by atoms with Gasteiger partial charge in [0.1, 0.15) is 17.2 Å². The number of oxime groups is 1. The highest BCUT2D eigenvalue weighted by Crippen LogP contribution is 2.19. The molecule has 0 fully saturated rings. The van der Waals surface area contributed by atoms with Crippen molar-refractivity contribution < 1.29 is 19.0 Å². The summed E-state index contributed by atoms with van der Waals surface area (Å²) in [6.07, 6.45) is -0.0332. The molecule has 1 heterocycles. The second kappa shape index (κ2) is 8.54. The summed E-state index contributed by atoms with van der Waals surface area (Å²) in [6.45, 7) is 0. The minimum Gasteiger partial charge on any atom is -0.411 e. The van der Waals surface area contributed by atoms with E-state index in [0.717, 1.165) is 0 Å². The van der Waals surface area contributed by atoms with Crippen molar-refractivity contribution in [1.29, 1.82) is 5.26 Å². The largest absolute Gasteiger partial charge is 0.411 e. The highest BCUT2D eigenvalue weighted by atomic mass is 79.9. The molecule has 0 saturated carbocycles. The Morgan fingerprint density at radius 2 is 2.07 bits per heavy atom. The Morgan fingerprint density at radius 3 is 2.79 bits per heavy atom. The van der Waals surface area contributed by atoms with Gasteiger partial charge in [-0.3, -0.25) is 4.79 Å². The van der Waals surface area contributed by atoms with Crippen molar-refractivity contribution in [3.05, 3.63) is 80.8 Å². The molecule has 3 rings (SSSR count). The van der Waals surface area contributed by atoms with E-state index in [9.17, 15) is 14.4 Å². The Labute approximate surface area is 167 Å². The fourth-order valence-corrected chi connectivity index (χ4v) is 2.99. The van der Waals surface area contributed by atoms with E-state index in [1.165, 1.54) is 18.2 Å². The highest BCUT2D eigenvalue weighted by molar-refractivity contribution is 9.10. The molecule has 1 aromatic heterocycles. The third-order valence-electron chi connectivity index (χ3n) is 3.95. The number of Topliss-reactive ketones (excluding diaryl/α,β-unsaturated/α-hetero) is 1. The molecule has 0 aliphatic rings. The molecule has 7 nitrogen and oxygen atoms in total. The molecule has 0 saturated heterocycles. The van der Waals surface area contributed by atoms with E-state index in [2.05, 4.69) is 31.4 Å². The smallest absolute Gasteiger partial charge is 0.169 e. The molecule has 140 valence electrons. The first kappa shape index (κ1) is 19.4. The fourth-order valence-electron chi connectivity index (χ4n) is 2.57. The molecule has 0 spiro atoms. The van der Waals surface area contributed by atoms with Gasteiger partial charge in [-0.1, -0.05) is 28.5 Å². The molecule has 0 unspecified atom stereocenters. The minimum absolute atomic E-state index is 0.119. The van der Waals surface area contributed by atoms with Crippen molar-refractivity contribution in [3.8, 4) is 6.07 Å². The van der Waals surface area contributed by atoms with Gasteiger partial charge in [0.15, 0.2) is 11.5 Å². The van der Waals surface area contributed by atoms with Crippen molar-refractivity contribution in [2.45, 2.75) is 12.8 Å². The lowest BCUT2D eigenvalue weighted by molar-refractivity contribution is 0.0990. The third kappa shape index (κ3) is 4.29. The van der Waals surface area contributed by atoms with Crippen LogP contribution in [0, 0.1) is 17.1 Å². The number of carbonyl (C=O) groups excluding carboxylic acids is 1. The van der Waals surface area contributed by atoms with Gasteiger partial charge in [-0.15, -0.1) is 0 Å². The maximum absolute atomic E-state index is 13.4. The van der Waals surface area contributed by atoms with E-state index < -0.39 is 5.82 Å². The molecule has 9 heteroatoms. The molecule has 0 aliphatic carbocycles. The van der Waals surface area contributed by atoms with E-state index in [1.54, 1.807) is 24.3 Å². The molecule has 28 heavy (non-hydrogen) atoms. The molecule has 0 bridgehead atoms. The molecule has 1 N–H and O–H groups in total. The summed E-state index contributed by atoms with van der Waals surface area (Å²) in [5.74, 6) is -0.712. The number of hydrogen-bond donors (Lipinski definition) is 1. The SMILES string of the molecule is N#Cc1cccc(C(=O)Cc2nonc2C(Cc2ccc(F)c(Br)c2)=NO)c1. The van der Waals surface area contributed by atoms with Crippen molar-refractivity contribution in [3.63, 3.8) is 0 Å². The first-order valence-corrected chi connectivity index (χ1v) is 8.81. The van der Waals surface area contributed by atoms with Crippen molar-refractivity contribution in [1.82, 2.24) is 10.3 Å². The molecule has 0 atom stereocenters. The van der Waals surface area contributed by atoms with Gasteiger partial charge in [0.05, 0.1) is 22.5 Å². The van der Waals surface area contributed by atoms with Gasteiger partial charge in [0, 0.05) is 12.0 Å². The van der Waals surface area contributed by atoms with Gasteiger partial charge in [-0.25, -0.2) is 9.02 Å². The molecule has 0 amide bonds. The van der Waals surface area contributed by atoms with Crippen LogP contribution in [0.1, 0.15) is 32.9 Å². The molecular formula is C19H12BrFN4O3. The van der Waals surface area contributed by atoms with Crippen LogP contribution in [0.4, 0.5) is 4.39 Å². The zero-order valence-electron chi connectivity index (χ0n) is 14.3.